The fourth-order valence-corrected chi connectivity index (χ4v) is 3.78. The van der Waals surface area contributed by atoms with E-state index < -0.39 is 0 Å². The Morgan fingerprint density at radius 3 is 2.84 bits per heavy atom. The lowest BCUT2D eigenvalue weighted by molar-refractivity contribution is 0.0990. The third-order valence-electron chi connectivity index (χ3n) is 5.54. The van der Waals surface area contributed by atoms with Crippen LogP contribution in [-0.4, -0.2) is 42.2 Å². The molecule has 5 rings (SSSR count). The first-order valence-corrected chi connectivity index (χ1v) is 10.0. The van der Waals surface area contributed by atoms with Gasteiger partial charge in [0, 0.05) is 36.7 Å². The first-order chi connectivity index (χ1) is 15.5. The van der Waals surface area contributed by atoms with Gasteiger partial charge in [-0.3, -0.25) is 9.89 Å². The molecule has 8 nitrogen and oxygen atoms in total. The van der Waals surface area contributed by atoms with Crippen molar-refractivity contribution in [2.45, 2.75) is 6.42 Å². The summed E-state index contributed by atoms with van der Waals surface area (Å²) >= 11 is 0. The quantitative estimate of drug-likeness (QED) is 0.498. The van der Waals surface area contributed by atoms with Crippen molar-refractivity contribution in [3.05, 3.63) is 71.4 Å². The van der Waals surface area contributed by atoms with Crippen LogP contribution in [0.5, 0.6) is 23.0 Å². The third kappa shape index (κ3) is 3.45. The maximum atomic E-state index is 13.2. The molecule has 3 aromatic carbocycles. The molecular weight excluding hydrogens is 410 g/mol. The summed E-state index contributed by atoms with van der Waals surface area (Å²) in [5.41, 5.74) is 3.26. The van der Waals surface area contributed by atoms with Crippen LogP contribution in [0.3, 0.4) is 0 Å². The summed E-state index contributed by atoms with van der Waals surface area (Å²) in [4.78, 5) is 14.7. The number of fused-ring (bicyclic) bond motifs is 2. The van der Waals surface area contributed by atoms with Gasteiger partial charge >= 0.3 is 0 Å². The molecule has 1 aliphatic heterocycles. The number of amides is 1. The highest BCUT2D eigenvalue weighted by atomic mass is 16.7. The highest BCUT2D eigenvalue weighted by Crippen LogP contribution is 2.36. The highest BCUT2D eigenvalue weighted by Gasteiger charge is 2.22. The second-order valence-corrected chi connectivity index (χ2v) is 7.52. The maximum Gasteiger partial charge on any atom is 0.261 e. The van der Waals surface area contributed by atoms with E-state index in [0.717, 1.165) is 22.4 Å². The number of nitrogens with zero attached hydrogens (tertiary/aromatic N) is 2. The Bertz CT molecular complexity index is 1330. The van der Waals surface area contributed by atoms with Gasteiger partial charge in [0.1, 0.15) is 11.5 Å². The molecule has 0 fully saturated rings. The van der Waals surface area contributed by atoms with E-state index in [9.17, 15) is 9.90 Å². The number of phenols is 1. The molecule has 1 aromatic heterocycles. The van der Waals surface area contributed by atoms with Gasteiger partial charge < -0.3 is 24.2 Å². The van der Waals surface area contributed by atoms with E-state index in [1.807, 2.05) is 24.3 Å². The minimum atomic E-state index is -0.350. The van der Waals surface area contributed by atoms with Gasteiger partial charge in [-0.15, -0.1) is 0 Å². The number of benzene rings is 3. The molecule has 2 N–H and O–H groups in total. The van der Waals surface area contributed by atoms with Crippen molar-refractivity contribution in [1.82, 2.24) is 10.2 Å². The summed E-state index contributed by atoms with van der Waals surface area (Å²) in [6.45, 7) is 0.157. The van der Waals surface area contributed by atoms with Crippen molar-refractivity contribution in [1.29, 1.82) is 0 Å². The summed E-state index contributed by atoms with van der Waals surface area (Å²) < 4.78 is 16.0. The molecule has 1 amide bonds. The number of hydrogen-bond acceptors (Lipinski definition) is 6. The molecule has 4 aromatic rings. The summed E-state index contributed by atoms with van der Waals surface area (Å²) in [6.07, 6.45) is 0.549. The van der Waals surface area contributed by atoms with Gasteiger partial charge in [0.15, 0.2) is 11.5 Å². The standard InChI is InChI=1S/C24H21N3O5/c1-27(15-6-7-22-23(10-15)32-13-31-22)24(29)18-11-17-19(25-26-20(17)12-21(18)28)9-14-4-3-5-16(8-14)30-2/h3-8,10-12,28H,9,13H2,1-2H3,(H,25,26). The Balaban J connectivity index is 1.47. The van der Waals surface area contributed by atoms with Crippen molar-refractivity contribution < 1.29 is 24.1 Å². The van der Waals surface area contributed by atoms with Gasteiger partial charge in [0.25, 0.3) is 5.91 Å². The van der Waals surface area contributed by atoms with Crippen molar-refractivity contribution in [2.75, 3.05) is 25.9 Å². The molecule has 0 spiro atoms. The summed E-state index contributed by atoms with van der Waals surface area (Å²) in [5.74, 6) is 1.52. The first-order valence-electron chi connectivity index (χ1n) is 10.0. The van der Waals surface area contributed by atoms with E-state index in [-0.39, 0.29) is 24.0 Å². The zero-order chi connectivity index (χ0) is 22.2. The van der Waals surface area contributed by atoms with E-state index in [2.05, 4.69) is 10.2 Å². The molecule has 0 unspecified atom stereocenters. The molecule has 8 heteroatoms. The molecule has 0 atom stereocenters. The van der Waals surface area contributed by atoms with Crippen molar-refractivity contribution in [3.63, 3.8) is 0 Å². The first kappa shape index (κ1) is 19.7. The number of aromatic hydroxyl groups is 1. The normalized spacial score (nSPS) is 12.2. The van der Waals surface area contributed by atoms with Gasteiger partial charge in [0.05, 0.1) is 23.9 Å². The molecule has 0 saturated heterocycles. The van der Waals surface area contributed by atoms with Crippen molar-refractivity contribution >= 4 is 22.5 Å². The second-order valence-electron chi connectivity index (χ2n) is 7.52. The number of methoxy groups -OCH3 is 1. The van der Waals surface area contributed by atoms with Gasteiger partial charge in [-0.2, -0.15) is 5.10 Å². The SMILES string of the molecule is COc1cccc(Cc2n[nH]c3cc(O)c(C(=O)N(C)c4ccc5c(c4)OCO5)cc23)c1. The van der Waals surface area contributed by atoms with Crippen LogP contribution in [-0.2, 0) is 6.42 Å². The summed E-state index contributed by atoms with van der Waals surface area (Å²) in [6, 6.07) is 16.2. The van der Waals surface area contributed by atoms with Crippen LogP contribution < -0.4 is 19.1 Å². The number of carbonyl (C=O) groups is 1. The number of rotatable bonds is 5. The number of aromatic amines is 1. The number of phenolic OH excluding ortho intramolecular Hbond substituents is 1. The van der Waals surface area contributed by atoms with Crippen LogP contribution >= 0.6 is 0 Å². The smallest absolute Gasteiger partial charge is 0.261 e. The lowest BCUT2D eigenvalue weighted by Crippen LogP contribution is -2.26. The molecule has 2 heterocycles. The maximum absolute atomic E-state index is 13.2. The van der Waals surface area contributed by atoms with Crippen LogP contribution in [0.25, 0.3) is 10.9 Å². The fraction of sp³-hybridized carbons (Fsp3) is 0.167. The molecule has 0 bridgehead atoms. The number of aromatic nitrogens is 2. The lowest BCUT2D eigenvalue weighted by Gasteiger charge is -2.18. The molecular formula is C24H21N3O5. The van der Waals surface area contributed by atoms with Crippen molar-refractivity contribution in [3.8, 4) is 23.0 Å². The molecule has 1 aliphatic rings. The van der Waals surface area contributed by atoms with Gasteiger partial charge in [-0.25, -0.2) is 0 Å². The predicted octanol–water partition coefficient (Wildman–Crippen LogP) is 3.87. The van der Waals surface area contributed by atoms with E-state index in [0.29, 0.717) is 29.1 Å². The van der Waals surface area contributed by atoms with Crippen LogP contribution in [0.2, 0.25) is 0 Å². The van der Waals surface area contributed by atoms with Crippen molar-refractivity contribution in [2.24, 2.45) is 0 Å². The number of H-pyrrole nitrogens is 1. The van der Waals surface area contributed by atoms with Crippen LogP contribution in [0.15, 0.2) is 54.6 Å². The topological polar surface area (TPSA) is 96.9 Å². The van der Waals surface area contributed by atoms with Gasteiger partial charge in [0.2, 0.25) is 6.79 Å². The fourth-order valence-electron chi connectivity index (χ4n) is 3.78. The molecule has 0 saturated carbocycles. The molecule has 32 heavy (non-hydrogen) atoms. The largest absolute Gasteiger partial charge is 0.507 e. The van der Waals surface area contributed by atoms with Crippen LogP contribution in [0, 0.1) is 0 Å². The van der Waals surface area contributed by atoms with E-state index >= 15 is 0 Å². The highest BCUT2D eigenvalue weighted by molar-refractivity contribution is 6.09. The predicted molar refractivity (Wildman–Crippen MR) is 119 cm³/mol. The Kier molecular flexibility index (Phi) is 4.82. The summed E-state index contributed by atoms with van der Waals surface area (Å²) in [5, 5.41) is 18.6. The third-order valence-corrected chi connectivity index (χ3v) is 5.54. The monoisotopic (exact) mass is 431 g/mol. The van der Waals surface area contributed by atoms with Crippen LogP contribution in [0.4, 0.5) is 5.69 Å². The molecule has 162 valence electrons. The Labute approximate surface area is 183 Å². The number of anilines is 1. The second kappa shape index (κ2) is 7.81. The minimum absolute atomic E-state index is 0.119. The van der Waals surface area contributed by atoms with Crippen LogP contribution in [0.1, 0.15) is 21.6 Å². The number of hydrogen-bond donors (Lipinski definition) is 2. The Morgan fingerprint density at radius 1 is 1.16 bits per heavy atom. The number of carbonyl (C=O) groups excluding carboxylic acids is 1. The molecule has 0 aliphatic carbocycles. The van der Waals surface area contributed by atoms with E-state index in [1.165, 1.54) is 11.0 Å². The van der Waals surface area contributed by atoms with Gasteiger partial charge in [-0.1, -0.05) is 12.1 Å². The Morgan fingerprint density at radius 2 is 2.00 bits per heavy atom. The lowest BCUT2D eigenvalue weighted by atomic mass is 10.0. The zero-order valence-electron chi connectivity index (χ0n) is 17.6. The summed E-state index contributed by atoms with van der Waals surface area (Å²) in [7, 11) is 3.27. The van der Waals surface area contributed by atoms with E-state index in [1.54, 1.807) is 38.4 Å². The average molecular weight is 431 g/mol. The average Bonchev–Trinajstić information content (AvgIpc) is 3.44. The number of ether oxygens (including phenoxy) is 3. The minimum Gasteiger partial charge on any atom is -0.507 e. The Hall–Kier alpha value is -4.20. The van der Waals surface area contributed by atoms with Gasteiger partial charge in [-0.05, 0) is 35.9 Å². The number of nitrogens with one attached hydrogen (secondary N) is 1. The zero-order valence-corrected chi connectivity index (χ0v) is 17.6. The van der Waals surface area contributed by atoms with E-state index in [4.69, 9.17) is 14.2 Å². The molecule has 0 radical (unpaired) electrons.